The van der Waals surface area contributed by atoms with Crippen LogP contribution in [0.25, 0.3) is 5.13 Å². The van der Waals surface area contributed by atoms with E-state index in [1.165, 1.54) is 6.42 Å². The monoisotopic (exact) mass is 332 g/mol. The minimum atomic E-state index is 0.154. The van der Waals surface area contributed by atoms with Crippen molar-refractivity contribution in [2.45, 2.75) is 26.7 Å². The molecule has 5 nitrogen and oxygen atoms in total. The maximum absolute atomic E-state index is 13.0. The Labute approximate surface area is 141 Å². The molecule has 0 radical (unpaired) electrons. The molecule has 0 saturated carbocycles. The fourth-order valence-corrected chi connectivity index (χ4v) is 4.23. The van der Waals surface area contributed by atoms with Gasteiger partial charge in [0.1, 0.15) is 0 Å². The van der Waals surface area contributed by atoms with Gasteiger partial charge in [-0.3, -0.25) is 9.36 Å². The zero-order valence-corrected chi connectivity index (χ0v) is 14.8. The lowest BCUT2D eigenvalue weighted by atomic mass is 9.97. The molecule has 0 bridgehead atoms. The number of likely N-dealkylation sites (tertiary alicyclic amines) is 1. The summed E-state index contributed by atoms with van der Waals surface area (Å²) in [6.45, 7) is 6.73. The predicted molar refractivity (Wildman–Crippen MR) is 93.5 cm³/mol. The van der Waals surface area contributed by atoms with Crippen molar-refractivity contribution in [3.05, 3.63) is 34.6 Å². The number of thiazole rings is 1. The number of carbonyl (C=O) groups excluding carboxylic acids is 1. The summed E-state index contributed by atoms with van der Waals surface area (Å²) in [6, 6.07) is 2.00. The molecule has 3 rings (SSSR count). The van der Waals surface area contributed by atoms with Crippen LogP contribution in [0.1, 0.15) is 34.6 Å². The molecule has 3 heterocycles. The third-order valence-corrected chi connectivity index (χ3v) is 5.33. The van der Waals surface area contributed by atoms with Crippen LogP contribution in [0.2, 0.25) is 0 Å². The Morgan fingerprint density at radius 2 is 2.30 bits per heavy atom. The van der Waals surface area contributed by atoms with E-state index in [1.807, 2.05) is 37.2 Å². The predicted octanol–water partition coefficient (Wildman–Crippen LogP) is 2.62. The minimum Gasteiger partial charge on any atom is -0.338 e. The number of amides is 1. The maximum atomic E-state index is 13.0. The molecule has 1 atom stereocenters. The van der Waals surface area contributed by atoms with Gasteiger partial charge < -0.3 is 10.2 Å². The average molecular weight is 332 g/mol. The van der Waals surface area contributed by atoms with Gasteiger partial charge in [0.25, 0.3) is 5.91 Å². The second-order valence-electron chi connectivity index (χ2n) is 6.25. The number of hydrogen-bond donors (Lipinski definition) is 1. The topological polar surface area (TPSA) is 50.2 Å². The highest BCUT2D eigenvalue weighted by atomic mass is 32.1. The van der Waals surface area contributed by atoms with Gasteiger partial charge in [-0.1, -0.05) is 0 Å². The third kappa shape index (κ3) is 3.19. The number of aromatic nitrogens is 2. The van der Waals surface area contributed by atoms with Crippen molar-refractivity contribution in [1.29, 1.82) is 0 Å². The molecule has 1 fully saturated rings. The summed E-state index contributed by atoms with van der Waals surface area (Å²) in [5.74, 6) is 0.710. The van der Waals surface area contributed by atoms with Gasteiger partial charge in [0.2, 0.25) is 0 Å². The molecule has 2 aromatic rings. The molecule has 0 spiro atoms. The highest BCUT2D eigenvalue weighted by Gasteiger charge is 2.27. The summed E-state index contributed by atoms with van der Waals surface area (Å²) < 4.78 is 2.08. The van der Waals surface area contributed by atoms with E-state index in [1.54, 1.807) is 17.5 Å². The molecule has 1 aliphatic heterocycles. The SMILES string of the molecule is CNCC1CCCN(C(=O)c2cc(C)n(-c3nccs3)c2C)C1. The first kappa shape index (κ1) is 16.2. The standard InChI is InChI=1S/C17H24N4OS/c1-12-9-15(13(2)21(12)17-19-6-8-23-17)16(22)20-7-4-5-14(11-20)10-18-3/h6,8-9,14,18H,4-5,7,10-11H2,1-3H3. The van der Waals surface area contributed by atoms with Crippen molar-refractivity contribution in [1.82, 2.24) is 19.8 Å². The summed E-state index contributed by atoms with van der Waals surface area (Å²) in [7, 11) is 1.97. The van der Waals surface area contributed by atoms with Gasteiger partial charge in [-0.25, -0.2) is 4.98 Å². The maximum Gasteiger partial charge on any atom is 0.255 e. The largest absolute Gasteiger partial charge is 0.338 e. The van der Waals surface area contributed by atoms with Gasteiger partial charge in [0.15, 0.2) is 5.13 Å². The van der Waals surface area contributed by atoms with Crippen molar-refractivity contribution < 1.29 is 4.79 Å². The van der Waals surface area contributed by atoms with Crippen molar-refractivity contribution in [2.75, 3.05) is 26.7 Å². The lowest BCUT2D eigenvalue weighted by molar-refractivity contribution is 0.0673. The van der Waals surface area contributed by atoms with E-state index in [0.29, 0.717) is 5.92 Å². The zero-order chi connectivity index (χ0) is 16.4. The van der Waals surface area contributed by atoms with E-state index in [-0.39, 0.29) is 5.91 Å². The summed E-state index contributed by atoms with van der Waals surface area (Å²) in [5.41, 5.74) is 2.85. The third-order valence-electron chi connectivity index (χ3n) is 4.57. The van der Waals surface area contributed by atoms with Gasteiger partial charge in [-0.2, -0.15) is 0 Å². The lowest BCUT2D eigenvalue weighted by Crippen LogP contribution is -2.42. The highest BCUT2D eigenvalue weighted by molar-refractivity contribution is 7.12. The van der Waals surface area contributed by atoms with Crippen LogP contribution in [0.5, 0.6) is 0 Å². The van der Waals surface area contributed by atoms with E-state index in [4.69, 9.17) is 0 Å². The highest BCUT2D eigenvalue weighted by Crippen LogP contribution is 2.25. The van der Waals surface area contributed by atoms with Crippen molar-refractivity contribution in [2.24, 2.45) is 5.92 Å². The number of nitrogens with one attached hydrogen (secondary N) is 1. The van der Waals surface area contributed by atoms with Gasteiger partial charge in [-0.15, -0.1) is 11.3 Å². The van der Waals surface area contributed by atoms with Gasteiger partial charge in [0, 0.05) is 36.1 Å². The first-order chi connectivity index (χ1) is 11.1. The van der Waals surface area contributed by atoms with Crippen LogP contribution in [-0.2, 0) is 0 Å². The molecule has 1 amide bonds. The fourth-order valence-electron chi connectivity index (χ4n) is 3.48. The second-order valence-corrected chi connectivity index (χ2v) is 7.13. The number of rotatable bonds is 4. The van der Waals surface area contributed by atoms with Gasteiger partial charge in [-0.05, 0) is 52.3 Å². The Kier molecular flexibility index (Phi) is 4.82. The van der Waals surface area contributed by atoms with E-state index in [2.05, 4.69) is 14.9 Å². The lowest BCUT2D eigenvalue weighted by Gasteiger charge is -2.32. The molecular weight excluding hydrogens is 308 g/mol. The number of aryl methyl sites for hydroxylation is 1. The first-order valence-corrected chi connectivity index (χ1v) is 9.02. The summed E-state index contributed by atoms with van der Waals surface area (Å²) >= 11 is 1.59. The average Bonchev–Trinajstić information content (AvgIpc) is 3.15. The molecule has 124 valence electrons. The van der Waals surface area contributed by atoms with Crippen molar-refractivity contribution in [3.63, 3.8) is 0 Å². The molecule has 23 heavy (non-hydrogen) atoms. The molecule has 1 saturated heterocycles. The Morgan fingerprint density at radius 1 is 1.48 bits per heavy atom. The Morgan fingerprint density at radius 3 is 3.00 bits per heavy atom. The second kappa shape index (κ2) is 6.84. The molecule has 1 aliphatic rings. The van der Waals surface area contributed by atoms with E-state index < -0.39 is 0 Å². The molecule has 2 aromatic heterocycles. The smallest absolute Gasteiger partial charge is 0.255 e. The molecule has 1 N–H and O–H groups in total. The molecule has 0 aromatic carbocycles. The van der Waals surface area contributed by atoms with Crippen LogP contribution in [-0.4, -0.2) is 47.0 Å². The Bertz CT molecular complexity index is 675. The number of piperidine rings is 1. The molecule has 1 unspecified atom stereocenters. The molecule has 6 heteroatoms. The van der Waals surface area contributed by atoms with Crippen LogP contribution in [0.15, 0.2) is 17.6 Å². The molecular formula is C17H24N4OS. The molecule has 0 aliphatic carbocycles. The summed E-state index contributed by atoms with van der Waals surface area (Å²) in [4.78, 5) is 19.4. The van der Waals surface area contributed by atoms with E-state index >= 15 is 0 Å². The van der Waals surface area contributed by atoms with Crippen LogP contribution < -0.4 is 5.32 Å². The Balaban J connectivity index is 1.84. The van der Waals surface area contributed by atoms with Crippen LogP contribution >= 0.6 is 11.3 Å². The van der Waals surface area contributed by atoms with Crippen molar-refractivity contribution in [3.8, 4) is 5.13 Å². The summed E-state index contributed by atoms with van der Waals surface area (Å²) in [5, 5.41) is 6.11. The fraction of sp³-hybridized carbons (Fsp3) is 0.529. The summed E-state index contributed by atoms with van der Waals surface area (Å²) in [6.07, 6.45) is 4.08. The number of nitrogens with zero attached hydrogens (tertiary/aromatic N) is 3. The van der Waals surface area contributed by atoms with Gasteiger partial charge >= 0.3 is 0 Å². The van der Waals surface area contributed by atoms with E-state index in [9.17, 15) is 4.79 Å². The van der Waals surface area contributed by atoms with Crippen LogP contribution in [0.3, 0.4) is 0 Å². The minimum absolute atomic E-state index is 0.154. The first-order valence-electron chi connectivity index (χ1n) is 8.14. The van der Waals surface area contributed by atoms with Gasteiger partial charge in [0.05, 0.1) is 5.56 Å². The number of hydrogen-bond acceptors (Lipinski definition) is 4. The van der Waals surface area contributed by atoms with E-state index in [0.717, 1.165) is 48.1 Å². The van der Waals surface area contributed by atoms with Crippen LogP contribution in [0, 0.1) is 19.8 Å². The van der Waals surface area contributed by atoms with Crippen LogP contribution in [0.4, 0.5) is 0 Å². The zero-order valence-electron chi connectivity index (χ0n) is 14.0. The quantitative estimate of drug-likeness (QED) is 0.936. The Hall–Kier alpha value is -1.66. The normalized spacial score (nSPS) is 18.4. The van der Waals surface area contributed by atoms with Crippen molar-refractivity contribution >= 4 is 17.2 Å². The number of carbonyl (C=O) groups is 1.